The maximum atomic E-state index is 13.1. The summed E-state index contributed by atoms with van der Waals surface area (Å²) < 4.78 is 5.96. The molecular formula is C25H28N4O4. The van der Waals surface area contributed by atoms with E-state index in [-0.39, 0.29) is 25.0 Å². The van der Waals surface area contributed by atoms with Gasteiger partial charge in [-0.05, 0) is 36.4 Å². The van der Waals surface area contributed by atoms with Gasteiger partial charge in [-0.15, -0.1) is 0 Å². The van der Waals surface area contributed by atoms with E-state index in [1.54, 1.807) is 11.0 Å². The summed E-state index contributed by atoms with van der Waals surface area (Å²) in [6, 6.07) is 16.6. The Kier molecular flexibility index (Phi) is 6.86. The first-order valence-corrected chi connectivity index (χ1v) is 10.9. The van der Waals surface area contributed by atoms with Crippen molar-refractivity contribution in [3.05, 3.63) is 71.4 Å². The van der Waals surface area contributed by atoms with Gasteiger partial charge < -0.3 is 25.0 Å². The number of hydrogen-bond acceptors (Lipinski definition) is 6. The Balaban J connectivity index is 1.59. The van der Waals surface area contributed by atoms with Crippen molar-refractivity contribution in [2.75, 3.05) is 51.8 Å². The number of anilines is 1. The minimum atomic E-state index is -0.447. The summed E-state index contributed by atoms with van der Waals surface area (Å²) in [6.07, 6.45) is -0.447. The van der Waals surface area contributed by atoms with E-state index in [9.17, 15) is 9.59 Å². The van der Waals surface area contributed by atoms with Crippen LogP contribution in [0.15, 0.2) is 54.6 Å². The molecule has 33 heavy (non-hydrogen) atoms. The standard InChI is InChI=1S/C25H28N4O4/c1-28(2)18-9-7-17(8-10-18)25(32)29-12-14-33-23(16-29)22-15-20(24(31)26-11-13-30)19-5-3-4-6-21(19)27-22/h3-10,15,23,30H,11-14,16H2,1-2H3,(H,26,31)/t23-/m1/s1. The monoisotopic (exact) mass is 448 g/mol. The van der Waals surface area contributed by atoms with Crippen LogP contribution in [0.4, 0.5) is 5.69 Å². The molecule has 0 spiro atoms. The van der Waals surface area contributed by atoms with Crippen LogP contribution >= 0.6 is 0 Å². The number of amides is 2. The molecule has 0 radical (unpaired) electrons. The maximum absolute atomic E-state index is 13.1. The SMILES string of the molecule is CN(C)c1ccc(C(=O)N2CCO[C@@H](c3cc(C(=O)NCCO)c4ccccc4n3)C2)cc1. The zero-order valence-corrected chi connectivity index (χ0v) is 18.8. The molecule has 172 valence electrons. The number of aromatic nitrogens is 1. The molecule has 1 aliphatic heterocycles. The van der Waals surface area contributed by atoms with E-state index in [4.69, 9.17) is 14.8 Å². The molecule has 2 amide bonds. The zero-order valence-electron chi connectivity index (χ0n) is 18.8. The van der Waals surface area contributed by atoms with Crippen LogP contribution in [-0.4, -0.2) is 73.7 Å². The summed E-state index contributed by atoms with van der Waals surface area (Å²) in [5.41, 5.74) is 3.39. The third-order valence-corrected chi connectivity index (χ3v) is 5.69. The van der Waals surface area contributed by atoms with Gasteiger partial charge in [0.25, 0.3) is 11.8 Å². The van der Waals surface area contributed by atoms with Gasteiger partial charge in [-0.25, -0.2) is 4.98 Å². The number of carbonyl (C=O) groups is 2. The molecule has 0 saturated carbocycles. The number of pyridine rings is 1. The Bertz CT molecular complexity index is 1150. The third-order valence-electron chi connectivity index (χ3n) is 5.69. The Morgan fingerprint density at radius 2 is 1.94 bits per heavy atom. The predicted octanol–water partition coefficient (Wildman–Crippen LogP) is 2.24. The molecule has 8 heteroatoms. The number of fused-ring (bicyclic) bond motifs is 1. The minimum Gasteiger partial charge on any atom is -0.395 e. The summed E-state index contributed by atoms with van der Waals surface area (Å²) in [5, 5.41) is 12.5. The number of rotatable bonds is 6. The van der Waals surface area contributed by atoms with Crippen LogP contribution in [0.3, 0.4) is 0 Å². The molecule has 2 aromatic carbocycles. The van der Waals surface area contributed by atoms with Crippen molar-refractivity contribution in [3.8, 4) is 0 Å². The van der Waals surface area contributed by atoms with Crippen LogP contribution in [0.5, 0.6) is 0 Å². The van der Waals surface area contributed by atoms with Gasteiger partial charge in [0.05, 0.1) is 36.5 Å². The average molecular weight is 449 g/mol. The first-order valence-electron chi connectivity index (χ1n) is 10.9. The summed E-state index contributed by atoms with van der Waals surface area (Å²) in [6.45, 7) is 1.24. The number of para-hydroxylation sites is 1. The highest BCUT2D eigenvalue weighted by Gasteiger charge is 2.28. The van der Waals surface area contributed by atoms with Crippen molar-refractivity contribution in [2.45, 2.75) is 6.10 Å². The molecular weight excluding hydrogens is 420 g/mol. The van der Waals surface area contributed by atoms with Gasteiger partial charge in [0.15, 0.2) is 0 Å². The fraction of sp³-hybridized carbons (Fsp3) is 0.320. The number of hydrogen-bond donors (Lipinski definition) is 2. The van der Waals surface area contributed by atoms with E-state index in [1.165, 1.54) is 0 Å². The third kappa shape index (κ3) is 4.97. The number of aliphatic hydroxyl groups is 1. The molecule has 1 fully saturated rings. The molecule has 0 bridgehead atoms. The van der Waals surface area contributed by atoms with Crippen molar-refractivity contribution in [3.63, 3.8) is 0 Å². The largest absolute Gasteiger partial charge is 0.395 e. The number of aliphatic hydroxyl groups excluding tert-OH is 1. The second kappa shape index (κ2) is 9.97. The van der Waals surface area contributed by atoms with Gasteiger partial charge in [-0.1, -0.05) is 18.2 Å². The van der Waals surface area contributed by atoms with E-state index < -0.39 is 6.10 Å². The van der Waals surface area contributed by atoms with E-state index in [0.717, 1.165) is 11.1 Å². The van der Waals surface area contributed by atoms with Crippen LogP contribution in [-0.2, 0) is 4.74 Å². The van der Waals surface area contributed by atoms with E-state index in [0.29, 0.717) is 42.0 Å². The predicted molar refractivity (Wildman–Crippen MR) is 127 cm³/mol. The topological polar surface area (TPSA) is 95.0 Å². The summed E-state index contributed by atoms with van der Waals surface area (Å²) in [5.74, 6) is -0.344. The Morgan fingerprint density at radius 3 is 2.67 bits per heavy atom. The molecule has 1 atom stereocenters. The van der Waals surface area contributed by atoms with Gasteiger partial charge >= 0.3 is 0 Å². The number of carbonyl (C=O) groups excluding carboxylic acids is 2. The molecule has 0 unspecified atom stereocenters. The summed E-state index contributed by atoms with van der Waals surface area (Å²) in [4.78, 5) is 34.3. The number of nitrogens with one attached hydrogen (secondary N) is 1. The van der Waals surface area contributed by atoms with Crippen molar-refractivity contribution in [1.29, 1.82) is 0 Å². The van der Waals surface area contributed by atoms with Gasteiger partial charge in [0.1, 0.15) is 6.10 Å². The number of nitrogens with zero attached hydrogens (tertiary/aromatic N) is 3. The van der Waals surface area contributed by atoms with Gasteiger partial charge in [0.2, 0.25) is 0 Å². The van der Waals surface area contributed by atoms with Gasteiger partial charge in [-0.2, -0.15) is 0 Å². The number of benzene rings is 2. The molecule has 1 saturated heterocycles. The molecule has 4 rings (SSSR count). The molecule has 8 nitrogen and oxygen atoms in total. The van der Waals surface area contributed by atoms with Gasteiger partial charge in [-0.3, -0.25) is 9.59 Å². The number of ether oxygens (including phenoxy) is 1. The lowest BCUT2D eigenvalue weighted by Crippen LogP contribution is -2.42. The van der Waals surface area contributed by atoms with Crippen molar-refractivity contribution in [1.82, 2.24) is 15.2 Å². The Hall–Kier alpha value is -3.49. The van der Waals surface area contributed by atoms with Crippen molar-refractivity contribution >= 4 is 28.4 Å². The van der Waals surface area contributed by atoms with Crippen LogP contribution in [0.1, 0.15) is 32.5 Å². The molecule has 1 aromatic heterocycles. The lowest BCUT2D eigenvalue weighted by atomic mass is 10.0. The van der Waals surface area contributed by atoms with Crippen molar-refractivity contribution in [2.24, 2.45) is 0 Å². The first kappa shape index (κ1) is 22.7. The van der Waals surface area contributed by atoms with Crippen molar-refractivity contribution < 1.29 is 19.4 Å². The molecule has 2 heterocycles. The zero-order chi connectivity index (χ0) is 23.4. The van der Waals surface area contributed by atoms with E-state index >= 15 is 0 Å². The highest BCUT2D eigenvalue weighted by atomic mass is 16.5. The van der Waals surface area contributed by atoms with Crippen LogP contribution in [0.2, 0.25) is 0 Å². The highest BCUT2D eigenvalue weighted by Crippen LogP contribution is 2.27. The molecule has 2 N–H and O–H groups in total. The summed E-state index contributed by atoms with van der Waals surface area (Å²) >= 11 is 0. The molecule has 3 aromatic rings. The highest BCUT2D eigenvalue weighted by molar-refractivity contribution is 6.06. The maximum Gasteiger partial charge on any atom is 0.254 e. The number of morpholine rings is 1. The smallest absolute Gasteiger partial charge is 0.254 e. The fourth-order valence-corrected chi connectivity index (χ4v) is 3.91. The molecule has 1 aliphatic rings. The van der Waals surface area contributed by atoms with Crippen LogP contribution < -0.4 is 10.2 Å². The van der Waals surface area contributed by atoms with Crippen LogP contribution in [0, 0.1) is 0 Å². The van der Waals surface area contributed by atoms with E-state index in [1.807, 2.05) is 67.5 Å². The lowest BCUT2D eigenvalue weighted by Gasteiger charge is -2.33. The first-order chi connectivity index (χ1) is 16.0. The fourth-order valence-electron chi connectivity index (χ4n) is 3.91. The lowest BCUT2D eigenvalue weighted by molar-refractivity contribution is -0.0246. The van der Waals surface area contributed by atoms with Crippen LogP contribution in [0.25, 0.3) is 10.9 Å². The summed E-state index contributed by atoms with van der Waals surface area (Å²) in [7, 11) is 3.91. The normalized spacial score (nSPS) is 16.0. The quantitative estimate of drug-likeness (QED) is 0.601. The Labute approximate surface area is 192 Å². The average Bonchev–Trinajstić information content (AvgIpc) is 2.86. The second-order valence-corrected chi connectivity index (χ2v) is 8.14. The second-order valence-electron chi connectivity index (χ2n) is 8.14. The van der Waals surface area contributed by atoms with Gasteiger partial charge in [0, 0.05) is 43.8 Å². The molecule has 0 aliphatic carbocycles. The van der Waals surface area contributed by atoms with E-state index in [2.05, 4.69) is 5.32 Å². The Morgan fingerprint density at radius 1 is 1.18 bits per heavy atom. The minimum absolute atomic E-state index is 0.0599.